The van der Waals surface area contributed by atoms with Crippen LogP contribution in [0, 0.1) is 0 Å². The highest BCUT2D eigenvalue weighted by molar-refractivity contribution is 6.61. The Kier molecular flexibility index (Phi) is 2.44. The van der Waals surface area contributed by atoms with Gasteiger partial charge in [-0.15, -0.1) is 0 Å². The van der Waals surface area contributed by atoms with Gasteiger partial charge in [0, 0.05) is 23.8 Å². The second-order valence-corrected chi connectivity index (χ2v) is 2.26. The summed E-state index contributed by atoms with van der Waals surface area (Å²) in [4.78, 5) is 32.4. The fraction of sp³-hybridized carbons (Fsp3) is 0.167. The molecule has 2 amide bonds. The zero-order valence-corrected chi connectivity index (χ0v) is 6.58. The van der Waals surface area contributed by atoms with E-state index in [1.54, 1.807) is 0 Å². The standard InChI is InChI=1S/C6H4ClNO4/c7-6(11)12-3-8-4(9)1-2-5(8)10/h1-2H,3H2. The van der Waals surface area contributed by atoms with Gasteiger partial charge in [-0.2, -0.15) is 0 Å². The number of hydrogen-bond donors (Lipinski definition) is 0. The maximum absolute atomic E-state index is 10.8. The van der Waals surface area contributed by atoms with Crippen molar-refractivity contribution in [1.82, 2.24) is 4.90 Å². The van der Waals surface area contributed by atoms with Crippen LogP contribution in [0.3, 0.4) is 0 Å². The lowest BCUT2D eigenvalue weighted by atomic mass is 10.6. The van der Waals surface area contributed by atoms with Gasteiger partial charge < -0.3 is 4.74 Å². The highest BCUT2D eigenvalue weighted by Crippen LogP contribution is 2.03. The minimum atomic E-state index is -1.05. The van der Waals surface area contributed by atoms with E-state index in [4.69, 9.17) is 11.6 Å². The summed E-state index contributed by atoms with van der Waals surface area (Å²) in [6.07, 6.45) is 2.18. The molecule has 0 radical (unpaired) electrons. The van der Waals surface area contributed by atoms with Gasteiger partial charge in [-0.3, -0.25) is 9.59 Å². The van der Waals surface area contributed by atoms with Crippen LogP contribution in [0.25, 0.3) is 0 Å². The molecule has 0 fully saturated rings. The fourth-order valence-electron chi connectivity index (χ4n) is 0.674. The zero-order chi connectivity index (χ0) is 9.14. The molecule has 6 heteroatoms. The Balaban J connectivity index is 2.48. The molecule has 0 aromatic rings. The molecule has 0 aromatic carbocycles. The molecule has 1 rings (SSSR count). The summed E-state index contributed by atoms with van der Waals surface area (Å²) in [7, 11) is 0. The number of nitrogens with zero attached hydrogens (tertiary/aromatic N) is 1. The van der Waals surface area contributed by atoms with E-state index in [-0.39, 0.29) is 0 Å². The van der Waals surface area contributed by atoms with Crippen molar-refractivity contribution in [2.24, 2.45) is 0 Å². The molecule has 5 nitrogen and oxygen atoms in total. The van der Waals surface area contributed by atoms with E-state index in [9.17, 15) is 14.4 Å². The van der Waals surface area contributed by atoms with E-state index < -0.39 is 24.0 Å². The average Bonchev–Trinajstić information content (AvgIpc) is 2.28. The maximum Gasteiger partial charge on any atom is 0.405 e. The summed E-state index contributed by atoms with van der Waals surface area (Å²) in [5.74, 6) is -1.03. The van der Waals surface area contributed by atoms with Crippen molar-refractivity contribution in [1.29, 1.82) is 0 Å². The molecule has 0 saturated carbocycles. The highest BCUT2D eigenvalue weighted by Gasteiger charge is 2.23. The summed E-state index contributed by atoms with van der Waals surface area (Å²) < 4.78 is 4.24. The number of rotatable bonds is 2. The van der Waals surface area contributed by atoms with Gasteiger partial charge >= 0.3 is 5.43 Å². The van der Waals surface area contributed by atoms with Crippen molar-refractivity contribution in [2.45, 2.75) is 0 Å². The molecule has 1 heterocycles. The Morgan fingerprint density at radius 3 is 2.33 bits per heavy atom. The van der Waals surface area contributed by atoms with Gasteiger partial charge in [0.15, 0.2) is 6.73 Å². The van der Waals surface area contributed by atoms with Crippen LogP contribution in [0.4, 0.5) is 4.79 Å². The smallest absolute Gasteiger partial charge is 0.405 e. The van der Waals surface area contributed by atoms with Crippen molar-refractivity contribution in [3.8, 4) is 0 Å². The normalized spacial score (nSPS) is 15.6. The van der Waals surface area contributed by atoms with Crippen LogP contribution in [-0.2, 0) is 14.3 Å². The van der Waals surface area contributed by atoms with Crippen molar-refractivity contribution < 1.29 is 19.1 Å². The first-order valence-corrected chi connectivity index (χ1v) is 3.35. The van der Waals surface area contributed by atoms with Crippen LogP contribution in [0.5, 0.6) is 0 Å². The van der Waals surface area contributed by atoms with Gasteiger partial charge in [-0.1, -0.05) is 0 Å². The molecule has 0 N–H and O–H groups in total. The molecule has 1 aliphatic rings. The van der Waals surface area contributed by atoms with Crippen molar-refractivity contribution >= 4 is 28.8 Å². The quantitative estimate of drug-likeness (QED) is 0.461. The summed E-state index contributed by atoms with van der Waals surface area (Å²) in [5, 5.41) is 0. The zero-order valence-electron chi connectivity index (χ0n) is 5.82. The predicted octanol–water partition coefficient (Wildman–Crippen LogP) is 0.244. The summed E-state index contributed by atoms with van der Waals surface area (Å²) >= 11 is 4.82. The van der Waals surface area contributed by atoms with E-state index in [1.165, 1.54) is 0 Å². The minimum Gasteiger partial charge on any atom is -0.432 e. The van der Waals surface area contributed by atoms with Gasteiger partial charge in [0.25, 0.3) is 11.8 Å². The molecule has 0 unspecified atom stereocenters. The first kappa shape index (κ1) is 8.73. The fourth-order valence-corrected chi connectivity index (χ4v) is 0.722. The monoisotopic (exact) mass is 189 g/mol. The Morgan fingerprint density at radius 2 is 1.92 bits per heavy atom. The number of carbonyl (C=O) groups excluding carboxylic acids is 3. The third kappa shape index (κ3) is 1.82. The molecule has 1 aliphatic heterocycles. The van der Waals surface area contributed by atoms with Crippen LogP contribution < -0.4 is 0 Å². The molecule has 0 spiro atoms. The molecule has 0 atom stereocenters. The van der Waals surface area contributed by atoms with Gasteiger partial charge in [-0.25, -0.2) is 9.69 Å². The van der Waals surface area contributed by atoms with E-state index >= 15 is 0 Å². The van der Waals surface area contributed by atoms with Crippen LogP contribution in [0.15, 0.2) is 12.2 Å². The second kappa shape index (κ2) is 3.36. The minimum absolute atomic E-state index is 0.438. The van der Waals surface area contributed by atoms with Crippen molar-refractivity contribution in [3.63, 3.8) is 0 Å². The largest absolute Gasteiger partial charge is 0.432 e. The number of imide groups is 1. The molecule has 12 heavy (non-hydrogen) atoms. The van der Waals surface area contributed by atoms with E-state index in [0.717, 1.165) is 17.1 Å². The number of ether oxygens (including phenoxy) is 1. The molecule has 0 saturated heterocycles. The number of amides is 2. The number of carbonyl (C=O) groups is 3. The number of halogens is 1. The van der Waals surface area contributed by atoms with E-state index in [2.05, 4.69) is 4.74 Å². The first-order valence-electron chi connectivity index (χ1n) is 2.97. The van der Waals surface area contributed by atoms with Crippen LogP contribution in [-0.4, -0.2) is 28.9 Å². The lowest BCUT2D eigenvalue weighted by Crippen LogP contribution is -2.32. The van der Waals surface area contributed by atoms with Crippen molar-refractivity contribution in [2.75, 3.05) is 6.73 Å². The lowest BCUT2D eigenvalue weighted by molar-refractivity contribution is -0.140. The Bertz CT molecular complexity index is 255. The SMILES string of the molecule is O=C(Cl)OCN1C(=O)C=CC1=O. The topological polar surface area (TPSA) is 63.7 Å². The van der Waals surface area contributed by atoms with Crippen LogP contribution >= 0.6 is 11.6 Å². The van der Waals surface area contributed by atoms with E-state index in [0.29, 0.717) is 0 Å². The molecular formula is C6H4ClNO4. The van der Waals surface area contributed by atoms with Gasteiger partial charge in [0.2, 0.25) is 0 Å². The average molecular weight is 190 g/mol. The molecular weight excluding hydrogens is 186 g/mol. The molecule has 0 bridgehead atoms. The molecule has 64 valence electrons. The van der Waals surface area contributed by atoms with Gasteiger partial charge in [0.1, 0.15) is 0 Å². The summed E-state index contributed by atoms with van der Waals surface area (Å²) in [6.45, 7) is -0.438. The van der Waals surface area contributed by atoms with Gasteiger partial charge in [0.05, 0.1) is 0 Å². The third-order valence-corrected chi connectivity index (χ3v) is 1.32. The van der Waals surface area contributed by atoms with Crippen LogP contribution in [0.2, 0.25) is 0 Å². The Labute approximate surface area is 72.5 Å². The van der Waals surface area contributed by atoms with Gasteiger partial charge in [-0.05, 0) is 0 Å². The maximum atomic E-state index is 10.8. The van der Waals surface area contributed by atoms with Crippen molar-refractivity contribution in [3.05, 3.63) is 12.2 Å². The first-order chi connectivity index (χ1) is 5.61. The summed E-state index contributed by atoms with van der Waals surface area (Å²) in [6, 6.07) is 0. The Morgan fingerprint density at radius 1 is 1.42 bits per heavy atom. The lowest BCUT2D eigenvalue weighted by Gasteiger charge is -2.11. The highest BCUT2D eigenvalue weighted by atomic mass is 35.5. The Hall–Kier alpha value is -1.36. The second-order valence-electron chi connectivity index (χ2n) is 1.95. The molecule has 0 aliphatic carbocycles. The summed E-state index contributed by atoms with van der Waals surface area (Å²) in [5.41, 5.74) is -1.05. The number of hydrogen-bond acceptors (Lipinski definition) is 4. The third-order valence-electron chi connectivity index (χ3n) is 1.21. The van der Waals surface area contributed by atoms with Crippen LogP contribution in [0.1, 0.15) is 0 Å². The predicted molar refractivity (Wildman–Crippen MR) is 38.2 cm³/mol. The molecule has 0 aromatic heterocycles. The van der Waals surface area contributed by atoms with E-state index in [1.807, 2.05) is 0 Å².